The van der Waals surface area contributed by atoms with Crippen molar-refractivity contribution in [1.29, 1.82) is 0 Å². The van der Waals surface area contributed by atoms with Gasteiger partial charge in [-0.05, 0) is 133 Å². The molecule has 0 fully saturated rings. The number of hydrogen-bond donors (Lipinski definition) is 12. The Bertz CT molecular complexity index is 2020. The lowest BCUT2D eigenvalue weighted by molar-refractivity contribution is -0.134. The van der Waals surface area contributed by atoms with Gasteiger partial charge in [-0.2, -0.15) is 0 Å². The molecule has 0 aliphatic carbocycles. The Hall–Kier alpha value is -6.19. The van der Waals surface area contributed by atoms with Crippen molar-refractivity contribution >= 4 is 41.7 Å². The van der Waals surface area contributed by atoms with E-state index in [9.17, 15) is 43.8 Å². The molecule has 372 valence electrons. The second kappa shape index (κ2) is 26.2. The molecule has 7 amide bonds. The van der Waals surface area contributed by atoms with Crippen LogP contribution >= 0.6 is 0 Å². The highest BCUT2D eigenvalue weighted by atomic mass is 16.6. The summed E-state index contributed by atoms with van der Waals surface area (Å²) >= 11 is 0. The van der Waals surface area contributed by atoms with Crippen LogP contribution in [0.25, 0.3) is 11.1 Å². The highest BCUT2D eigenvalue weighted by Crippen LogP contribution is 2.31. The Labute approximate surface area is 392 Å². The summed E-state index contributed by atoms with van der Waals surface area (Å²) in [5, 5.41) is 40.9. The number of amides is 7. The van der Waals surface area contributed by atoms with Gasteiger partial charge >= 0.3 is 12.2 Å². The Balaban J connectivity index is 2.01. The zero-order valence-electron chi connectivity index (χ0n) is 39.6. The molecule has 5 atom stereocenters. The number of rotatable bonds is 19. The number of carbonyl (C=O) groups is 7. The minimum absolute atomic E-state index is 0.0212. The van der Waals surface area contributed by atoms with Crippen LogP contribution < -0.4 is 54.4 Å². The van der Waals surface area contributed by atoms with Crippen LogP contribution in [0.5, 0.6) is 11.5 Å². The van der Waals surface area contributed by atoms with Crippen molar-refractivity contribution < 1.29 is 53.2 Å². The topological polar surface area (TPSA) is 341 Å². The van der Waals surface area contributed by atoms with E-state index in [4.69, 9.17) is 26.7 Å². The molecular weight excluding hydrogens is 869 g/mol. The summed E-state index contributed by atoms with van der Waals surface area (Å²) in [4.78, 5) is 94.2. The van der Waals surface area contributed by atoms with Crippen LogP contribution in [0.4, 0.5) is 9.59 Å². The maximum atomic E-state index is 14.4. The number of phenolic OH excluding ortho intramolecular Hbond substituents is 2. The molecule has 1 aliphatic rings. The summed E-state index contributed by atoms with van der Waals surface area (Å²) < 4.78 is 10.8. The normalized spacial score (nSPS) is 17.5. The van der Waals surface area contributed by atoms with Crippen LogP contribution in [0.3, 0.4) is 0 Å². The summed E-state index contributed by atoms with van der Waals surface area (Å²) in [6.07, 6.45) is -0.728. The highest BCUT2D eigenvalue weighted by Gasteiger charge is 2.33. The number of aromatic hydroxyl groups is 2. The standard InChI is InChI=1S/C46H72N10O11/c1-45(2,3)66-43(64)52-20-9-12-33-40(61)55-34(41(62)53-32(11-7-17-47)39(60)51-19-8-10-31(49)26-38(59)50-21-18-48)24-29-22-27(13-15-36(29)57)28-14-16-37(58)30(23-28)25-35(42(63)54-33)56-44(65)67-46(4,5)6/h13-16,22-23,31-35,57-58H,7-12,17-21,24-26,47-49H2,1-6H3,(H,50,59)(H,51,60)(H,52,64)(H,53,62)(H,54,63)(H,55,61)(H,56,65)/t31-,32-,33-,34-,35-/m0/s1. The molecule has 0 aromatic heterocycles. The molecule has 2 aromatic rings. The predicted molar refractivity (Wildman–Crippen MR) is 250 cm³/mol. The number of benzene rings is 2. The first-order valence-electron chi connectivity index (χ1n) is 22.7. The van der Waals surface area contributed by atoms with Gasteiger partial charge in [0.2, 0.25) is 29.5 Å². The van der Waals surface area contributed by atoms with E-state index >= 15 is 0 Å². The summed E-state index contributed by atoms with van der Waals surface area (Å²) in [5.41, 5.74) is 17.2. The molecule has 4 bridgehead atoms. The van der Waals surface area contributed by atoms with Crippen molar-refractivity contribution in [3.63, 3.8) is 0 Å². The number of phenols is 2. The molecule has 3 rings (SSSR count). The molecule has 0 unspecified atom stereocenters. The zero-order chi connectivity index (χ0) is 49.9. The van der Waals surface area contributed by atoms with Gasteiger partial charge in [-0.15, -0.1) is 0 Å². The first-order chi connectivity index (χ1) is 31.5. The largest absolute Gasteiger partial charge is 0.508 e. The Morgan fingerprint density at radius 1 is 0.731 bits per heavy atom. The first kappa shape index (κ1) is 55.1. The lowest BCUT2D eigenvalue weighted by atomic mass is 9.95. The van der Waals surface area contributed by atoms with E-state index in [0.717, 1.165) is 0 Å². The van der Waals surface area contributed by atoms with Crippen molar-refractivity contribution in [3.05, 3.63) is 47.5 Å². The Morgan fingerprint density at radius 3 is 1.93 bits per heavy atom. The SMILES string of the molecule is CC(C)(C)OC(=O)NCCC[C@@H]1NC(=O)[C@@H](NC(=O)OC(C)(C)C)Cc2cc(ccc2O)-c2ccc(O)c(c2)C[C@@H](C(=O)N[C@@H](CCCN)C(=O)NCCC[C@H](N)CC(=O)NCCN)NC1=O. The van der Waals surface area contributed by atoms with Crippen LogP contribution in [0.2, 0.25) is 0 Å². The van der Waals surface area contributed by atoms with Crippen molar-refractivity contribution in [2.75, 3.05) is 32.7 Å². The third-order valence-corrected chi connectivity index (χ3v) is 10.2. The van der Waals surface area contributed by atoms with Crippen LogP contribution in [0.1, 0.15) is 97.6 Å². The smallest absolute Gasteiger partial charge is 0.408 e. The third kappa shape index (κ3) is 20.1. The summed E-state index contributed by atoms with van der Waals surface area (Å²) in [7, 11) is 0. The van der Waals surface area contributed by atoms with Crippen molar-refractivity contribution in [2.24, 2.45) is 17.2 Å². The number of hydrogen-bond acceptors (Lipinski definition) is 14. The number of ether oxygens (including phenoxy) is 2. The fraction of sp³-hybridized carbons (Fsp3) is 0.587. The van der Waals surface area contributed by atoms with Crippen LogP contribution in [0, 0.1) is 0 Å². The van der Waals surface area contributed by atoms with Gasteiger partial charge in [-0.3, -0.25) is 24.0 Å². The minimum Gasteiger partial charge on any atom is -0.508 e. The van der Waals surface area contributed by atoms with Gasteiger partial charge in [-0.1, -0.05) is 12.1 Å². The van der Waals surface area contributed by atoms with Gasteiger partial charge in [0.25, 0.3) is 0 Å². The fourth-order valence-electron chi connectivity index (χ4n) is 6.98. The maximum absolute atomic E-state index is 14.4. The number of carbonyl (C=O) groups excluding carboxylic acids is 7. The molecule has 1 heterocycles. The molecule has 15 N–H and O–H groups in total. The molecule has 21 nitrogen and oxygen atoms in total. The summed E-state index contributed by atoms with van der Waals surface area (Å²) in [5.74, 6) is -3.62. The van der Waals surface area contributed by atoms with Gasteiger partial charge in [0.15, 0.2) is 0 Å². The zero-order valence-corrected chi connectivity index (χ0v) is 39.6. The molecule has 0 radical (unpaired) electrons. The van der Waals surface area contributed by atoms with E-state index in [0.29, 0.717) is 43.5 Å². The van der Waals surface area contributed by atoms with E-state index in [1.54, 1.807) is 65.8 Å². The molecule has 2 aromatic carbocycles. The van der Waals surface area contributed by atoms with Gasteiger partial charge in [-0.25, -0.2) is 9.59 Å². The fourth-order valence-corrected chi connectivity index (χ4v) is 6.98. The lowest BCUT2D eigenvalue weighted by Crippen LogP contribution is -2.59. The average molecular weight is 941 g/mol. The summed E-state index contributed by atoms with van der Waals surface area (Å²) in [6.45, 7) is 11.1. The summed E-state index contributed by atoms with van der Waals surface area (Å²) in [6, 6.07) is 3.50. The maximum Gasteiger partial charge on any atom is 0.408 e. The first-order valence-corrected chi connectivity index (χ1v) is 22.7. The van der Waals surface area contributed by atoms with E-state index < -0.39 is 77.2 Å². The van der Waals surface area contributed by atoms with Crippen molar-refractivity contribution in [3.8, 4) is 22.6 Å². The molecule has 0 saturated heterocycles. The Morgan fingerprint density at radius 2 is 1.33 bits per heavy atom. The minimum atomic E-state index is -1.44. The highest BCUT2D eigenvalue weighted by molar-refractivity contribution is 5.95. The van der Waals surface area contributed by atoms with Gasteiger partial charge in [0.05, 0.1) is 0 Å². The molecule has 0 saturated carbocycles. The van der Waals surface area contributed by atoms with E-state index in [-0.39, 0.29) is 86.7 Å². The lowest BCUT2D eigenvalue weighted by Gasteiger charge is -2.27. The number of alkyl carbamates (subject to hydrolysis) is 2. The number of fused-ring (bicyclic) bond motifs is 5. The third-order valence-electron chi connectivity index (χ3n) is 10.2. The van der Waals surface area contributed by atoms with Gasteiger partial charge in [0.1, 0.15) is 46.9 Å². The second-order valence-corrected chi connectivity index (χ2v) is 18.5. The van der Waals surface area contributed by atoms with E-state index in [1.807, 2.05) is 0 Å². The Kier molecular flexibility index (Phi) is 21.6. The quantitative estimate of drug-likeness (QED) is 0.0873. The average Bonchev–Trinajstić information content (AvgIpc) is 3.23. The van der Waals surface area contributed by atoms with Crippen LogP contribution in [0.15, 0.2) is 36.4 Å². The van der Waals surface area contributed by atoms with Crippen LogP contribution in [-0.2, 0) is 46.3 Å². The van der Waals surface area contributed by atoms with Crippen LogP contribution in [-0.4, -0.2) is 126 Å². The number of nitrogens with two attached hydrogens (primary N) is 3. The second-order valence-electron chi connectivity index (χ2n) is 18.5. The van der Waals surface area contributed by atoms with E-state index in [1.165, 1.54) is 12.1 Å². The monoisotopic (exact) mass is 941 g/mol. The molecule has 1 aliphatic heterocycles. The predicted octanol–water partition coefficient (Wildman–Crippen LogP) is 0.944. The number of nitrogens with one attached hydrogen (secondary N) is 7. The van der Waals surface area contributed by atoms with E-state index in [2.05, 4.69) is 37.2 Å². The molecule has 21 heteroatoms. The molecular formula is C46H72N10O11. The van der Waals surface area contributed by atoms with Gasteiger partial charge < -0.3 is 74.1 Å². The van der Waals surface area contributed by atoms with Crippen molar-refractivity contribution in [1.82, 2.24) is 37.2 Å². The molecule has 0 spiro atoms. The van der Waals surface area contributed by atoms with Gasteiger partial charge in [0, 0.05) is 51.5 Å². The molecule has 67 heavy (non-hydrogen) atoms. The van der Waals surface area contributed by atoms with Crippen molar-refractivity contribution in [2.45, 2.75) is 141 Å².